The monoisotopic (exact) mass is 504 g/mol. The van der Waals surface area contributed by atoms with E-state index in [2.05, 4.69) is 9.17 Å². The molecule has 4 atom stereocenters. The summed E-state index contributed by atoms with van der Waals surface area (Å²) in [5, 5.41) is 0. The highest BCUT2D eigenvalue weighted by molar-refractivity contribution is 7.87. The predicted octanol–water partition coefficient (Wildman–Crippen LogP) is 4.28. The summed E-state index contributed by atoms with van der Waals surface area (Å²) in [5.74, 6) is -0.980. The Balaban J connectivity index is 1.83. The molecule has 2 amide bonds. The number of likely N-dealkylation sites (tertiary alicyclic amines) is 1. The first-order valence-corrected chi connectivity index (χ1v) is 12.5. The molecule has 188 valence electrons. The molecular formula is C22H27F3N2O6S. The van der Waals surface area contributed by atoms with Crippen LogP contribution in [0.2, 0.25) is 0 Å². The number of imide groups is 1. The molecule has 1 saturated heterocycles. The van der Waals surface area contributed by atoms with Gasteiger partial charge in [-0.25, -0.2) is 14.7 Å². The lowest BCUT2D eigenvalue weighted by Crippen LogP contribution is -2.65. The van der Waals surface area contributed by atoms with Crippen molar-refractivity contribution >= 4 is 22.1 Å². The van der Waals surface area contributed by atoms with Gasteiger partial charge >= 0.3 is 21.7 Å². The van der Waals surface area contributed by atoms with Crippen molar-refractivity contribution in [3.8, 4) is 5.88 Å². The van der Waals surface area contributed by atoms with Crippen LogP contribution in [0.25, 0.3) is 0 Å². The van der Waals surface area contributed by atoms with Crippen molar-refractivity contribution in [1.82, 2.24) is 9.88 Å². The molecule has 2 heterocycles. The highest BCUT2D eigenvalue weighted by Gasteiger charge is 2.61. The van der Waals surface area contributed by atoms with Gasteiger partial charge in [0.1, 0.15) is 5.60 Å². The zero-order chi connectivity index (χ0) is 25.3. The Morgan fingerprint density at radius 2 is 1.91 bits per heavy atom. The average molecular weight is 505 g/mol. The highest BCUT2D eigenvalue weighted by atomic mass is 32.2. The molecule has 8 nitrogen and oxygen atoms in total. The molecule has 0 spiro atoms. The zero-order valence-electron chi connectivity index (χ0n) is 19.3. The molecule has 0 aromatic carbocycles. The van der Waals surface area contributed by atoms with Crippen LogP contribution in [-0.2, 0) is 31.6 Å². The van der Waals surface area contributed by atoms with E-state index in [9.17, 15) is 31.2 Å². The summed E-state index contributed by atoms with van der Waals surface area (Å²) >= 11 is 0. The van der Waals surface area contributed by atoms with E-state index < -0.39 is 38.7 Å². The Bertz CT molecular complexity index is 1130. The van der Waals surface area contributed by atoms with Crippen molar-refractivity contribution in [2.75, 3.05) is 0 Å². The summed E-state index contributed by atoms with van der Waals surface area (Å²) in [6.07, 6.45) is 1.60. The van der Waals surface area contributed by atoms with Gasteiger partial charge < -0.3 is 8.92 Å². The van der Waals surface area contributed by atoms with Gasteiger partial charge in [0.15, 0.2) is 0 Å². The number of pyridine rings is 1. The van der Waals surface area contributed by atoms with E-state index in [1.165, 1.54) is 11.0 Å². The highest BCUT2D eigenvalue weighted by Crippen LogP contribution is 2.59. The Labute approximate surface area is 195 Å². The van der Waals surface area contributed by atoms with Gasteiger partial charge in [0.25, 0.3) is 0 Å². The summed E-state index contributed by atoms with van der Waals surface area (Å²) < 4.78 is 71.1. The molecule has 1 aromatic rings. The van der Waals surface area contributed by atoms with Crippen molar-refractivity contribution < 1.29 is 40.1 Å². The summed E-state index contributed by atoms with van der Waals surface area (Å²) in [7, 11) is -5.88. The van der Waals surface area contributed by atoms with E-state index in [1.807, 2.05) is 6.92 Å². The number of piperidine rings is 1. The van der Waals surface area contributed by atoms with Gasteiger partial charge in [-0.05, 0) is 70.3 Å². The molecule has 2 unspecified atom stereocenters. The molecule has 34 heavy (non-hydrogen) atoms. The van der Waals surface area contributed by atoms with E-state index in [-0.39, 0.29) is 30.1 Å². The van der Waals surface area contributed by atoms with Gasteiger partial charge in [-0.2, -0.15) is 21.6 Å². The third-order valence-corrected chi connectivity index (χ3v) is 7.75. The van der Waals surface area contributed by atoms with Crippen LogP contribution in [0.1, 0.15) is 64.6 Å². The summed E-state index contributed by atoms with van der Waals surface area (Å²) in [6.45, 7) is 7.12. The van der Waals surface area contributed by atoms with Crippen molar-refractivity contribution in [2.45, 2.75) is 76.4 Å². The largest absolute Gasteiger partial charge is 0.534 e. The zero-order valence-corrected chi connectivity index (χ0v) is 20.1. The first-order valence-electron chi connectivity index (χ1n) is 11.1. The minimum atomic E-state index is -5.88. The summed E-state index contributed by atoms with van der Waals surface area (Å²) in [4.78, 5) is 31.7. The van der Waals surface area contributed by atoms with Gasteiger partial charge in [-0.1, -0.05) is 6.92 Å². The maximum absolute atomic E-state index is 13.3. The normalized spacial score (nSPS) is 29.2. The number of carbonyl (C=O) groups is 2. The number of nitrogens with zero attached hydrogens (tertiary/aromatic N) is 2. The molecule has 2 fully saturated rings. The summed E-state index contributed by atoms with van der Waals surface area (Å²) in [6, 6.07) is 2.47. The topological polar surface area (TPSA) is 103 Å². The minimum absolute atomic E-state index is 0.0104. The Hall–Kier alpha value is -2.37. The SMILES string of the molecule is C[C@@H]1CC2Cc3nc(OS(=O)(=O)C(F)(F)F)ccc3[C@@]3(C1)C2CCC(=O)N3C(=O)OC(C)(C)C. The molecule has 2 aliphatic carbocycles. The second-order valence-corrected chi connectivity index (χ2v) is 12.0. The molecule has 0 N–H and O–H groups in total. The minimum Gasteiger partial charge on any atom is -0.443 e. The Kier molecular flexibility index (Phi) is 5.69. The van der Waals surface area contributed by atoms with Gasteiger partial charge in [0, 0.05) is 18.1 Å². The number of hydrogen-bond donors (Lipinski definition) is 0. The molecule has 1 aromatic heterocycles. The second kappa shape index (κ2) is 7.82. The number of ether oxygens (including phenoxy) is 1. The predicted molar refractivity (Wildman–Crippen MR) is 113 cm³/mol. The molecule has 0 radical (unpaired) electrons. The number of amides is 2. The summed E-state index contributed by atoms with van der Waals surface area (Å²) in [5.41, 5.74) is -6.66. The molecular weight excluding hydrogens is 477 g/mol. The van der Waals surface area contributed by atoms with Gasteiger partial charge in [0.05, 0.1) is 11.2 Å². The van der Waals surface area contributed by atoms with Crippen LogP contribution in [0, 0.1) is 17.8 Å². The van der Waals surface area contributed by atoms with Crippen LogP contribution in [-0.4, -0.2) is 41.4 Å². The van der Waals surface area contributed by atoms with Gasteiger partial charge in [-0.15, -0.1) is 0 Å². The van der Waals surface area contributed by atoms with Gasteiger partial charge in [0.2, 0.25) is 11.8 Å². The first kappa shape index (κ1) is 24.7. The molecule has 12 heteroatoms. The molecule has 4 rings (SSSR count). The molecule has 1 aliphatic heterocycles. The number of aromatic nitrogens is 1. The maximum Gasteiger partial charge on any atom is 0.534 e. The second-order valence-electron chi connectivity index (χ2n) is 10.4. The molecule has 1 saturated carbocycles. The standard InChI is InChI=1S/C22H27F3N2O6S/c1-12-9-13-10-16-15(5-7-17(26-16)33-34(30,31)22(23,24)25)21(11-12)14(13)6-8-18(28)27(21)19(29)32-20(2,3)4/h5,7,12-14H,6,8-11H2,1-4H3/t12-,13?,14?,21-/m1/s1. The van der Waals surface area contributed by atoms with Crippen molar-refractivity contribution in [3.63, 3.8) is 0 Å². The maximum atomic E-state index is 13.3. The first-order chi connectivity index (χ1) is 15.5. The van der Waals surface area contributed by atoms with Crippen LogP contribution in [0.5, 0.6) is 5.88 Å². The van der Waals surface area contributed by atoms with Crippen molar-refractivity contribution in [2.24, 2.45) is 17.8 Å². The van der Waals surface area contributed by atoms with Gasteiger partial charge in [-0.3, -0.25) is 4.79 Å². The number of fused-ring (bicyclic) bond motifs is 1. The fourth-order valence-corrected chi connectivity index (χ4v) is 6.31. The Morgan fingerprint density at radius 3 is 2.53 bits per heavy atom. The third-order valence-electron chi connectivity index (χ3n) is 6.79. The average Bonchev–Trinajstić information content (AvgIpc) is 2.64. The smallest absolute Gasteiger partial charge is 0.443 e. The molecule has 3 aliphatic rings. The van der Waals surface area contributed by atoms with E-state index >= 15 is 0 Å². The van der Waals surface area contributed by atoms with Crippen molar-refractivity contribution in [1.29, 1.82) is 0 Å². The number of rotatable bonds is 2. The lowest BCUT2D eigenvalue weighted by molar-refractivity contribution is -0.155. The quantitative estimate of drug-likeness (QED) is 0.437. The fourth-order valence-electron chi connectivity index (χ4n) is 5.90. The lowest BCUT2D eigenvalue weighted by Gasteiger charge is -2.59. The number of alkyl halides is 3. The number of hydrogen-bond acceptors (Lipinski definition) is 7. The van der Waals surface area contributed by atoms with Crippen LogP contribution in [0.3, 0.4) is 0 Å². The van der Waals surface area contributed by atoms with E-state index in [4.69, 9.17) is 4.74 Å². The number of halogens is 3. The van der Waals surface area contributed by atoms with E-state index in [0.29, 0.717) is 30.5 Å². The third kappa shape index (κ3) is 4.03. The van der Waals surface area contributed by atoms with E-state index in [0.717, 1.165) is 12.5 Å². The number of carbonyl (C=O) groups excluding carboxylic acids is 2. The lowest BCUT2D eigenvalue weighted by atomic mass is 9.53. The molecule has 2 bridgehead atoms. The van der Waals surface area contributed by atoms with Crippen LogP contribution in [0.4, 0.5) is 18.0 Å². The van der Waals surface area contributed by atoms with Crippen molar-refractivity contribution in [3.05, 3.63) is 23.4 Å². The van der Waals surface area contributed by atoms with E-state index in [1.54, 1.807) is 20.8 Å². The van der Waals surface area contributed by atoms with Crippen LogP contribution >= 0.6 is 0 Å². The van der Waals surface area contributed by atoms with Crippen LogP contribution in [0.15, 0.2) is 12.1 Å². The Morgan fingerprint density at radius 1 is 1.24 bits per heavy atom. The van der Waals surface area contributed by atoms with Crippen LogP contribution < -0.4 is 4.18 Å². The fraction of sp³-hybridized carbons (Fsp3) is 0.682.